The molecule has 5 heteroatoms. The van der Waals surface area contributed by atoms with Crippen LogP contribution in [0, 0.1) is 5.41 Å². The molecule has 0 fully saturated rings. The average Bonchev–Trinajstić information content (AvgIpc) is 2.35. The fourth-order valence-electron chi connectivity index (χ4n) is 1.49. The Morgan fingerprint density at radius 2 is 1.90 bits per heavy atom. The molecule has 0 saturated heterocycles. The van der Waals surface area contributed by atoms with Crippen LogP contribution in [0.3, 0.4) is 0 Å². The van der Waals surface area contributed by atoms with Crippen molar-refractivity contribution in [3.8, 4) is 5.75 Å². The van der Waals surface area contributed by atoms with Crippen LogP contribution in [0.15, 0.2) is 24.3 Å². The minimum absolute atomic E-state index is 0.0468. The zero-order valence-corrected chi connectivity index (χ0v) is 13.3. The molecule has 1 rings (SSSR count). The Balaban J connectivity index is 2.61. The number of hydrogen-bond donors (Lipinski definition) is 2. The van der Waals surface area contributed by atoms with Gasteiger partial charge in [-0.3, -0.25) is 9.59 Å². The van der Waals surface area contributed by atoms with Crippen molar-refractivity contribution in [3.63, 3.8) is 0 Å². The van der Waals surface area contributed by atoms with Crippen molar-refractivity contribution >= 4 is 17.5 Å². The van der Waals surface area contributed by atoms with Gasteiger partial charge in [0, 0.05) is 23.2 Å². The Kier molecular flexibility index (Phi) is 5.76. The highest BCUT2D eigenvalue weighted by Gasteiger charge is 2.21. The second kappa shape index (κ2) is 7.11. The molecule has 116 valence electrons. The molecule has 21 heavy (non-hydrogen) atoms. The van der Waals surface area contributed by atoms with E-state index in [1.54, 1.807) is 24.3 Å². The van der Waals surface area contributed by atoms with Gasteiger partial charge in [0.2, 0.25) is 5.91 Å². The molecule has 1 aromatic rings. The molecule has 2 N–H and O–H groups in total. The van der Waals surface area contributed by atoms with Gasteiger partial charge < -0.3 is 15.4 Å². The molecule has 0 saturated carbocycles. The van der Waals surface area contributed by atoms with Crippen molar-refractivity contribution in [2.45, 2.75) is 40.7 Å². The van der Waals surface area contributed by atoms with E-state index in [2.05, 4.69) is 10.6 Å². The molecule has 0 spiro atoms. The zero-order valence-electron chi connectivity index (χ0n) is 13.3. The molecule has 0 aromatic heterocycles. The van der Waals surface area contributed by atoms with Gasteiger partial charge >= 0.3 is 0 Å². The van der Waals surface area contributed by atoms with Crippen LogP contribution in [-0.4, -0.2) is 24.5 Å². The van der Waals surface area contributed by atoms with Crippen LogP contribution in [0.25, 0.3) is 0 Å². The molecule has 0 radical (unpaired) electrons. The molecular weight excluding hydrogens is 268 g/mol. The van der Waals surface area contributed by atoms with Crippen LogP contribution in [0.4, 0.5) is 5.69 Å². The highest BCUT2D eigenvalue weighted by Crippen LogP contribution is 2.21. The molecule has 2 amide bonds. The number of hydrogen-bond acceptors (Lipinski definition) is 3. The van der Waals surface area contributed by atoms with E-state index in [0.29, 0.717) is 11.4 Å². The smallest absolute Gasteiger partial charge is 0.258 e. The fourth-order valence-corrected chi connectivity index (χ4v) is 1.49. The van der Waals surface area contributed by atoms with E-state index in [-0.39, 0.29) is 24.5 Å². The average molecular weight is 292 g/mol. The minimum Gasteiger partial charge on any atom is -0.484 e. The van der Waals surface area contributed by atoms with E-state index >= 15 is 0 Å². The lowest BCUT2D eigenvalue weighted by atomic mass is 9.95. The molecule has 0 heterocycles. The number of carbonyl (C=O) groups is 2. The van der Waals surface area contributed by atoms with E-state index in [1.807, 2.05) is 34.6 Å². The highest BCUT2D eigenvalue weighted by molar-refractivity contribution is 5.94. The normalized spacial score (nSPS) is 11.1. The molecule has 1 aromatic carbocycles. The van der Waals surface area contributed by atoms with Crippen molar-refractivity contribution in [1.29, 1.82) is 0 Å². The summed E-state index contributed by atoms with van der Waals surface area (Å²) in [6.07, 6.45) is 0. The summed E-state index contributed by atoms with van der Waals surface area (Å²) >= 11 is 0. The van der Waals surface area contributed by atoms with Gasteiger partial charge in [-0.2, -0.15) is 0 Å². The van der Waals surface area contributed by atoms with Gasteiger partial charge in [0.25, 0.3) is 5.91 Å². The largest absolute Gasteiger partial charge is 0.484 e. The summed E-state index contributed by atoms with van der Waals surface area (Å²) in [5.41, 5.74) is 0.185. The molecule has 0 bridgehead atoms. The predicted molar refractivity (Wildman–Crippen MR) is 83.3 cm³/mol. The Morgan fingerprint density at radius 3 is 2.48 bits per heavy atom. The van der Waals surface area contributed by atoms with Gasteiger partial charge in [-0.05, 0) is 26.0 Å². The standard InChI is InChI=1S/C16H24N2O3/c1-11(2)17-14(19)10-21-13-8-6-7-12(9-13)18-15(20)16(3,4)5/h6-9,11H,10H2,1-5H3,(H,17,19)(H,18,20). The van der Waals surface area contributed by atoms with E-state index in [1.165, 1.54) is 0 Å². The van der Waals surface area contributed by atoms with Crippen molar-refractivity contribution in [2.75, 3.05) is 11.9 Å². The molecule has 0 aliphatic rings. The van der Waals surface area contributed by atoms with Crippen LogP contribution >= 0.6 is 0 Å². The molecule has 0 atom stereocenters. The van der Waals surface area contributed by atoms with Crippen LogP contribution < -0.4 is 15.4 Å². The summed E-state index contributed by atoms with van der Waals surface area (Å²) in [7, 11) is 0. The third-order valence-electron chi connectivity index (χ3n) is 2.59. The maximum atomic E-state index is 11.9. The summed E-state index contributed by atoms with van der Waals surface area (Å²) in [4.78, 5) is 23.4. The van der Waals surface area contributed by atoms with Crippen LogP contribution in [-0.2, 0) is 9.59 Å². The van der Waals surface area contributed by atoms with Crippen LogP contribution in [0.2, 0.25) is 0 Å². The first kappa shape index (κ1) is 17.0. The van der Waals surface area contributed by atoms with E-state index in [0.717, 1.165) is 0 Å². The van der Waals surface area contributed by atoms with Gasteiger partial charge in [-0.25, -0.2) is 0 Å². The van der Waals surface area contributed by atoms with Gasteiger partial charge in [0.05, 0.1) is 0 Å². The third-order valence-corrected chi connectivity index (χ3v) is 2.59. The first-order valence-electron chi connectivity index (χ1n) is 7.02. The summed E-state index contributed by atoms with van der Waals surface area (Å²) in [5.74, 6) is 0.298. The topological polar surface area (TPSA) is 67.4 Å². The summed E-state index contributed by atoms with van der Waals surface area (Å²) < 4.78 is 5.41. The Hall–Kier alpha value is -2.04. The first-order chi connectivity index (χ1) is 9.68. The summed E-state index contributed by atoms with van der Waals surface area (Å²) in [6.45, 7) is 9.27. The highest BCUT2D eigenvalue weighted by atomic mass is 16.5. The SMILES string of the molecule is CC(C)NC(=O)COc1cccc(NC(=O)C(C)(C)C)c1. The maximum absolute atomic E-state index is 11.9. The predicted octanol–water partition coefficient (Wildman–Crippen LogP) is 2.57. The third kappa shape index (κ3) is 6.29. The Morgan fingerprint density at radius 1 is 1.24 bits per heavy atom. The van der Waals surface area contributed by atoms with Crippen molar-refractivity contribution < 1.29 is 14.3 Å². The number of carbonyl (C=O) groups excluding carboxylic acids is 2. The zero-order chi connectivity index (χ0) is 16.0. The van der Waals surface area contributed by atoms with E-state index in [4.69, 9.17) is 4.74 Å². The summed E-state index contributed by atoms with van der Waals surface area (Å²) in [6, 6.07) is 7.08. The van der Waals surface area contributed by atoms with Crippen molar-refractivity contribution in [1.82, 2.24) is 5.32 Å². The molecule has 0 unspecified atom stereocenters. The minimum atomic E-state index is -0.464. The Bertz CT molecular complexity index is 504. The van der Waals surface area contributed by atoms with Crippen molar-refractivity contribution in [2.24, 2.45) is 5.41 Å². The lowest BCUT2D eigenvalue weighted by molar-refractivity contribution is -0.124. The lowest BCUT2D eigenvalue weighted by Gasteiger charge is -2.18. The van der Waals surface area contributed by atoms with Gasteiger partial charge in [-0.1, -0.05) is 26.8 Å². The number of anilines is 1. The van der Waals surface area contributed by atoms with Crippen molar-refractivity contribution in [3.05, 3.63) is 24.3 Å². The lowest BCUT2D eigenvalue weighted by Crippen LogP contribution is -2.34. The fraction of sp³-hybridized carbons (Fsp3) is 0.500. The second-order valence-corrected chi connectivity index (χ2v) is 6.24. The Labute approximate surface area is 126 Å². The number of ether oxygens (including phenoxy) is 1. The van der Waals surface area contributed by atoms with E-state index < -0.39 is 5.41 Å². The van der Waals surface area contributed by atoms with Gasteiger partial charge in [0.15, 0.2) is 6.61 Å². The first-order valence-corrected chi connectivity index (χ1v) is 7.02. The molecule has 5 nitrogen and oxygen atoms in total. The summed E-state index contributed by atoms with van der Waals surface area (Å²) in [5, 5.41) is 5.57. The molecule has 0 aliphatic carbocycles. The maximum Gasteiger partial charge on any atom is 0.258 e. The van der Waals surface area contributed by atoms with Crippen LogP contribution in [0.5, 0.6) is 5.75 Å². The van der Waals surface area contributed by atoms with E-state index in [9.17, 15) is 9.59 Å². The van der Waals surface area contributed by atoms with Crippen LogP contribution in [0.1, 0.15) is 34.6 Å². The van der Waals surface area contributed by atoms with Gasteiger partial charge in [0.1, 0.15) is 5.75 Å². The number of rotatable bonds is 5. The number of nitrogens with one attached hydrogen (secondary N) is 2. The second-order valence-electron chi connectivity index (χ2n) is 6.24. The number of benzene rings is 1. The monoisotopic (exact) mass is 292 g/mol. The molecule has 0 aliphatic heterocycles. The molecular formula is C16H24N2O3. The number of amides is 2. The quantitative estimate of drug-likeness (QED) is 0.876. The van der Waals surface area contributed by atoms with Gasteiger partial charge in [-0.15, -0.1) is 0 Å².